The Morgan fingerprint density at radius 2 is 0.909 bits per heavy atom. The molecular formula is C11H24O11. The monoisotopic (exact) mass is 332 g/mol. The molecule has 22 heavy (non-hydrogen) atoms. The first kappa shape index (κ1) is 23.5. The highest BCUT2D eigenvalue weighted by molar-refractivity contribution is 5.56. The molecule has 0 aromatic carbocycles. The first-order chi connectivity index (χ1) is 10.2. The smallest absolute Gasteiger partial charge is 0.151 e. The van der Waals surface area contributed by atoms with Gasteiger partial charge in [-0.2, -0.15) is 0 Å². The molecule has 11 heteroatoms. The SMILES string of the molecule is O=C[C@H](O)[C@@H](O)[C@H](O)[C@H](O)CO.OC[C@@H](O)[C@H](O)[C@@H](O)CO. The van der Waals surface area contributed by atoms with Crippen molar-refractivity contribution >= 4 is 6.29 Å². The molecule has 0 saturated heterocycles. The van der Waals surface area contributed by atoms with E-state index in [9.17, 15) is 4.79 Å². The van der Waals surface area contributed by atoms with Crippen LogP contribution in [0.5, 0.6) is 0 Å². The fourth-order valence-corrected chi connectivity index (χ4v) is 1.09. The Labute approximate surface area is 125 Å². The molecule has 0 aromatic heterocycles. The fraction of sp³-hybridized carbons (Fsp3) is 0.909. The van der Waals surface area contributed by atoms with E-state index < -0.39 is 62.5 Å². The van der Waals surface area contributed by atoms with Crippen molar-refractivity contribution in [1.29, 1.82) is 0 Å². The van der Waals surface area contributed by atoms with Gasteiger partial charge in [-0.05, 0) is 0 Å². The maximum atomic E-state index is 9.90. The van der Waals surface area contributed by atoms with Crippen LogP contribution in [-0.4, -0.2) is 120 Å². The summed E-state index contributed by atoms with van der Waals surface area (Å²) < 4.78 is 0. The summed E-state index contributed by atoms with van der Waals surface area (Å²) in [5, 5.41) is 86.1. The van der Waals surface area contributed by atoms with Gasteiger partial charge in [0.15, 0.2) is 6.29 Å². The number of aliphatic hydroxyl groups is 10. The van der Waals surface area contributed by atoms with Gasteiger partial charge in [0.25, 0.3) is 0 Å². The molecule has 0 aliphatic carbocycles. The molecule has 0 rings (SSSR count). The first-order valence-electron chi connectivity index (χ1n) is 6.22. The Kier molecular flexibility index (Phi) is 13.7. The number of carbonyl (C=O) groups excluding carboxylic acids is 1. The van der Waals surface area contributed by atoms with Gasteiger partial charge in [-0.1, -0.05) is 0 Å². The molecule has 0 unspecified atom stereocenters. The lowest BCUT2D eigenvalue weighted by atomic mass is 10.0. The van der Waals surface area contributed by atoms with Gasteiger partial charge in [0, 0.05) is 0 Å². The van der Waals surface area contributed by atoms with E-state index in [-0.39, 0.29) is 6.29 Å². The molecule has 0 amide bonds. The number of aldehydes is 1. The highest BCUT2D eigenvalue weighted by atomic mass is 16.4. The van der Waals surface area contributed by atoms with Crippen LogP contribution in [0.3, 0.4) is 0 Å². The zero-order valence-electron chi connectivity index (χ0n) is 11.6. The van der Waals surface area contributed by atoms with E-state index in [1.165, 1.54) is 0 Å². The van der Waals surface area contributed by atoms with Crippen molar-refractivity contribution in [2.24, 2.45) is 0 Å². The Morgan fingerprint density at radius 1 is 0.591 bits per heavy atom. The van der Waals surface area contributed by atoms with E-state index in [1.54, 1.807) is 0 Å². The van der Waals surface area contributed by atoms with Crippen LogP contribution in [0.25, 0.3) is 0 Å². The standard InChI is InChI=1S/C6H12O6.C5H12O5/c7-1-3(9)5(11)6(12)4(10)2-8;6-1-3(8)5(10)4(9)2-7/h1,3-6,8-12H,2H2;3-10H,1-2H2/t3-,4+,5+,6+;3-,4+,5+/m0./s1. The largest absolute Gasteiger partial charge is 0.394 e. The van der Waals surface area contributed by atoms with Gasteiger partial charge < -0.3 is 55.9 Å². The molecule has 0 aliphatic rings. The Balaban J connectivity index is 0. The van der Waals surface area contributed by atoms with Crippen LogP contribution in [0.15, 0.2) is 0 Å². The second kappa shape index (κ2) is 12.8. The van der Waals surface area contributed by atoms with Crippen molar-refractivity contribution < 1.29 is 55.9 Å². The third-order valence-electron chi connectivity index (χ3n) is 2.58. The Hall–Kier alpha value is -0.730. The van der Waals surface area contributed by atoms with Crippen LogP contribution in [-0.2, 0) is 4.79 Å². The van der Waals surface area contributed by atoms with E-state index in [2.05, 4.69) is 0 Å². The number of carbonyl (C=O) groups is 1. The van der Waals surface area contributed by atoms with Crippen molar-refractivity contribution in [2.75, 3.05) is 19.8 Å². The van der Waals surface area contributed by atoms with Crippen molar-refractivity contribution in [1.82, 2.24) is 0 Å². The topological polar surface area (TPSA) is 219 Å². The molecule has 0 saturated carbocycles. The van der Waals surface area contributed by atoms with Gasteiger partial charge in [0.05, 0.1) is 19.8 Å². The van der Waals surface area contributed by atoms with Crippen molar-refractivity contribution in [3.63, 3.8) is 0 Å². The molecule has 0 aliphatic heterocycles. The highest BCUT2D eigenvalue weighted by Crippen LogP contribution is 2.03. The summed E-state index contributed by atoms with van der Waals surface area (Å²) in [5.41, 5.74) is 0. The normalized spacial score (nSPS) is 20.6. The van der Waals surface area contributed by atoms with Crippen molar-refractivity contribution in [2.45, 2.75) is 42.7 Å². The van der Waals surface area contributed by atoms with Crippen molar-refractivity contribution in [3.8, 4) is 0 Å². The molecule has 0 aromatic rings. The third kappa shape index (κ3) is 8.65. The molecule has 0 bridgehead atoms. The minimum atomic E-state index is -1.79. The van der Waals surface area contributed by atoms with Crippen LogP contribution < -0.4 is 0 Å². The summed E-state index contributed by atoms with van der Waals surface area (Å²) in [6, 6.07) is 0. The number of aliphatic hydroxyl groups excluding tert-OH is 10. The molecule has 134 valence electrons. The summed E-state index contributed by atoms with van der Waals surface area (Å²) >= 11 is 0. The lowest BCUT2D eigenvalue weighted by Crippen LogP contribution is -2.46. The average Bonchev–Trinajstić information content (AvgIpc) is 2.56. The summed E-state index contributed by atoms with van der Waals surface area (Å²) in [5.74, 6) is 0. The van der Waals surface area contributed by atoms with Crippen LogP contribution in [0.4, 0.5) is 0 Å². The summed E-state index contributed by atoms with van der Waals surface area (Å²) in [7, 11) is 0. The molecule has 10 N–H and O–H groups in total. The van der Waals surface area contributed by atoms with E-state index in [0.717, 1.165) is 0 Å². The van der Waals surface area contributed by atoms with Gasteiger partial charge in [0.1, 0.15) is 42.7 Å². The van der Waals surface area contributed by atoms with Gasteiger partial charge in [0.2, 0.25) is 0 Å². The first-order valence-corrected chi connectivity index (χ1v) is 6.22. The summed E-state index contributed by atoms with van der Waals surface area (Å²) in [6.07, 6.45) is -11.1. The van der Waals surface area contributed by atoms with Crippen molar-refractivity contribution in [3.05, 3.63) is 0 Å². The maximum absolute atomic E-state index is 9.90. The third-order valence-corrected chi connectivity index (χ3v) is 2.58. The van der Waals surface area contributed by atoms with E-state index >= 15 is 0 Å². The predicted octanol–water partition coefficient (Wildman–Crippen LogP) is -6.33. The number of hydrogen-bond acceptors (Lipinski definition) is 11. The Bertz CT molecular complexity index is 267. The minimum absolute atomic E-state index is 0.0258. The second-order valence-corrected chi connectivity index (χ2v) is 4.35. The fourth-order valence-electron chi connectivity index (χ4n) is 1.09. The van der Waals surface area contributed by atoms with E-state index in [4.69, 9.17) is 51.1 Å². The average molecular weight is 332 g/mol. The van der Waals surface area contributed by atoms with Crippen LogP contribution >= 0.6 is 0 Å². The molecule has 0 spiro atoms. The number of hydrogen-bond donors (Lipinski definition) is 10. The lowest BCUT2D eigenvalue weighted by molar-refractivity contribution is -0.136. The molecule has 11 nitrogen and oxygen atoms in total. The summed E-state index contributed by atoms with van der Waals surface area (Å²) in [4.78, 5) is 9.90. The van der Waals surface area contributed by atoms with Gasteiger partial charge in [-0.3, -0.25) is 0 Å². The zero-order valence-corrected chi connectivity index (χ0v) is 11.6. The minimum Gasteiger partial charge on any atom is -0.394 e. The molecule has 7 atom stereocenters. The van der Waals surface area contributed by atoms with E-state index in [1.807, 2.05) is 0 Å². The predicted molar refractivity (Wildman–Crippen MR) is 69.4 cm³/mol. The maximum Gasteiger partial charge on any atom is 0.151 e. The molecule has 0 fully saturated rings. The van der Waals surface area contributed by atoms with Gasteiger partial charge in [-0.15, -0.1) is 0 Å². The lowest BCUT2D eigenvalue weighted by Gasteiger charge is -2.22. The van der Waals surface area contributed by atoms with Crippen LogP contribution in [0.1, 0.15) is 0 Å². The van der Waals surface area contributed by atoms with Crippen LogP contribution in [0.2, 0.25) is 0 Å². The zero-order chi connectivity index (χ0) is 17.9. The van der Waals surface area contributed by atoms with E-state index in [0.29, 0.717) is 0 Å². The van der Waals surface area contributed by atoms with Gasteiger partial charge in [-0.25, -0.2) is 0 Å². The number of rotatable bonds is 9. The highest BCUT2D eigenvalue weighted by Gasteiger charge is 2.29. The molecule has 0 radical (unpaired) electrons. The molecule has 0 heterocycles. The second-order valence-electron chi connectivity index (χ2n) is 4.35. The van der Waals surface area contributed by atoms with Gasteiger partial charge >= 0.3 is 0 Å². The quantitative estimate of drug-likeness (QED) is 0.179. The molecular weight excluding hydrogens is 308 g/mol. The Morgan fingerprint density at radius 3 is 1.18 bits per heavy atom. The summed E-state index contributed by atoms with van der Waals surface area (Å²) in [6.45, 7) is -2.04. The van der Waals surface area contributed by atoms with Crippen LogP contribution in [0, 0.1) is 0 Å².